The van der Waals surface area contributed by atoms with Crippen LogP contribution in [0, 0.1) is 0 Å². The summed E-state index contributed by atoms with van der Waals surface area (Å²) in [6.07, 6.45) is 3.78. The molecule has 1 aliphatic heterocycles. The van der Waals surface area contributed by atoms with E-state index in [0.29, 0.717) is 18.2 Å². The van der Waals surface area contributed by atoms with Crippen LogP contribution in [0.1, 0.15) is 25.5 Å². The van der Waals surface area contributed by atoms with Gasteiger partial charge in [-0.1, -0.05) is 17.7 Å². The second kappa shape index (κ2) is 11.6. The topological polar surface area (TPSA) is 63.9 Å². The van der Waals surface area contributed by atoms with Crippen LogP contribution < -0.4 is 10.1 Å². The first-order chi connectivity index (χ1) is 13.5. The lowest BCUT2D eigenvalue weighted by molar-refractivity contribution is -0.00808. The number of nitrogens with one attached hydrogen (secondary N) is 1. The molecule has 2 atom stereocenters. The van der Waals surface area contributed by atoms with Crippen LogP contribution in [0.2, 0.25) is 5.02 Å². The van der Waals surface area contributed by atoms with Crippen LogP contribution in [0.4, 0.5) is 0 Å². The summed E-state index contributed by atoms with van der Waals surface area (Å²) in [5, 5.41) is 8.29. The molecule has 1 aromatic carbocycles. The summed E-state index contributed by atoms with van der Waals surface area (Å²) >= 11 is 6.02. The van der Waals surface area contributed by atoms with E-state index in [9.17, 15) is 0 Å². The third-order valence-electron chi connectivity index (χ3n) is 4.43. The molecule has 2 aromatic rings. The van der Waals surface area contributed by atoms with Gasteiger partial charge in [0.15, 0.2) is 5.96 Å². The Morgan fingerprint density at radius 2 is 2.31 bits per heavy atom. The Morgan fingerprint density at radius 3 is 3.00 bits per heavy atom. The van der Waals surface area contributed by atoms with Gasteiger partial charge in [-0.3, -0.25) is 4.68 Å². The molecule has 160 valence electrons. The van der Waals surface area contributed by atoms with Crippen molar-refractivity contribution in [1.29, 1.82) is 0 Å². The van der Waals surface area contributed by atoms with Gasteiger partial charge >= 0.3 is 0 Å². The molecule has 0 amide bonds. The van der Waals surface area contributed by atoms with Gasteiger partial charge in [0.2, 0.25) is 0 Å². The first kappa shape index (κ1) is 23.8. The molecule has 0 radical (unpaired) electrons. The molecule has 29 heavy (non-hydrogen) atoms. The number of rotatable bonds is 6. The minimum atomic E-state index is -0.0673. The molecule has 7 nitrogen and oxygen atoms in total. The van der Waals surface area contributed by atoms with Gasteiger partial charge in [0.1, 0.15) is 18.0 Å². The predicted molar refractivity (Wildman–Crippen MR) is 126 cm³/mol. The average molecular weight is 534 g/mol. The number of hydrogen-bond donors (Lipinski definition) is 1. The zero-order chi connectivity index (χ0) is 19.9. The maximum absolute atomic E-state index is 6.02. The van der Waals surface area contributed by atoms with Crippen LogP contribution in [0.15, 0.2) is 41.7 Å². The molecule has 2 heterocycles. The average Bonchev–Trinajstić information content (AvgIpc) is 3.12. The summed E-state index contributed by atoms with van der Waals surface area (Å²) < 4.78 is 13.7. The molecule has 1 fully saturated rings. The number of hydrogen-bond acceptors (Lipinski definition) is 4. The van der Waals surface area contributed by atoms with E-state index in [1.165, 1.54) is 0 Å². The Morgan fingerprint density at radius 1 is 1.48 bits per heavy atom. The fraction of sp³-hybridized carbons (Fsp3) is 0.500. The minimum absolute atomic E-state index is 0. The first-order valence-corrected chi connectivity index (χ1v) is 9.98. The maximum Gasteiger partial charge on any atom is 0.194 e. The SMILES string of the molecule is CCNC(=NCC(C)Oc1cccc(Cl)c1)N1CCOC(c2cnn(C)c2)C1.I. The summed E-state index contributed by atoms with van der Waals surface area (Å²) in [7, 11) is 1.91. The molecule has 0 bridgehead atoms. The van der Waals surface area contributed by atoms with Crippen LogP contribution in [-0.4, -0.2) is 59.5 Å². The largest absolute Gasteiger partial charge is 0.489 e. The lowest BCUT2D eigenvalue weighted by Gasteiger charge is -2.35. The van der Waals surface area contributed by atoms with Gasteiger partial charge in [0.25, 0.3) is 0 Å². The Bertz CT molecular complexity index is 801. The molecule has 0 spiro atoms. The van der Waals surface area contributed by atoms with Crippen LogP contribution in [0.25, 0.3) is 0 Å². The van der Waals surface area contributed by atoms with Crippen molar-refractivity contribution in [3.05, 3.63) is 47.2 Å². The zero-order valence-corrected chi connectivity index (χ0v) is 20.1. The third kappa shape index (κ3) is 7.04. The second-order valence-electron chi connectivity index (χ2n) is 6.83. The van der Waals surface area contributed by atoms with Crippen molar-refractivity contribution in [2.75, 3.05) is 32.8 Å². The summed E-state index contributed by atoms with van der Waals surface area (Å²) in [5.41, 5.74) is 1.08. The number of nitrogens with zero attached hydrogens (tertiary/aromatic N) is 4. The smallest absolute Gasteiger partial charge is 0.194 e. The molecule has 0 saturated carbocycles. The van der Waals surface area contributed by atoms with Crippen molar-refractivity contribution in [2.45, 2.75) is 26.1 Å². The van der Waals surface area contributed by atoms with Crippen molar-refractivity contribution in [1.82, 2.24) is 20.0 Å². The standard InChI is InChI=1S/C20H28ClN5O2.HI/c1-4-22-20(23-11-15(2)28-18-7-5-6-17(21)10-18)26-8-9-27-19(14-26)16-12-24-25(3)13-16;/h5-7,10,12-13,15,19H,4,8-9,11,14H2,1-3H3,(H,22,23);1H. The molecule has 1 aliphatic rings. The predicted octanol–water partition coefficient (Wildman–Crippen LogP) is 3.50. The van der Waals surface area contributed by atoms with Gasteiger partial charge in [-0.25, -0.2) is 4.99 Å². The Kier molecular flexibility index (Phi) is 9.51. The number of aromatic nitrogens is 2. The number of aliphatic imine (C=N–C) groups is 1. The van der Waals surface area contributed by atoms with Gasteiger partial charge in [-0.2, -0.15) is 5.10 Å². The Balaban J connectivity index is 0.00000300. The number of ether oxygens (including phenoxy) is 2. The molecule has 3 rings (SSSR count). The van der Waals surface area contributed by atoms with E-state index in [2.05, 4.69) is 22.2 Å². The maximum atomic E-state index is 6.02. The molecular weight excluding hydrogens is 505 g/mol. The molecule has 0 aliphatic carbocycles. The summed E-state index contributed by atoms with van der Waals surface area (Å²) in [5.74, 6) is 1.63. The van der Waals surface area contributed by atoms with Gasteiger partial charge in [0, 0.05) is 36.9 Å². The normalized spacial score (nSPS) is 18.1. The minimum Gasteiger partial charge on any atom is -0.489 e. The van der Waals surface area contributed by atoms with E-state index >= 15 is 0 Å². The lowest BCUT2D eigenvalue weighted by Crippen LogP contribution is -2.48. The monoisotopic (exact) mass is 533 g/mol. The second-order valence-corrected chi connectivity index (χ2v) is 7.27. The fourth-order valence-electron chi connectivity index (χ4n) is 3.10. The third-order valence-corrected chi connectivity index (χ3v) is 4.66. The van der Waals surface area contributed by atoms with Crippen molar-refractivity contribution >= 4 is 41.5 Å². The number of benzene rings is 1. The van der Waals surface area contributed by atoms with E-state index < -0.39 is 0 Å². The zero-order valence-electron chi connectivity index (χ0n) is 17.0. The van der Waals surface area contributed by atoms with Crippen LogP contribution in [0.5, 0.6) is 5.75 Å². The molecule has 2 unspecified atom stereocenters. The van der Waals surface area contributed by atoms with Crippen LogP contribution in [-0.2, 0) is 11.8 Å². The molecular formula is C20H29ClIN5O2. The van der Waals surface area contributed by atoms with E-state index in [1.807, 2.05) is 50.6 Å². The lowest BCUT2D eigenvalue weighted by atomic mass is 10.1. The fourth-order valence-corrected chi connectivity index (χ4v) is 3.28. The van der Waals surface area contributed by atoms with E-state index in [-0.39, 0.29) is 36.2 Å². The van der Waals surface area contributed by atoms with Crippen LogP contribution >= 0.6 is 35.6 Å². The molecule has 9 heteroatoms. The number of halogens is 2. The van der Waals surface area contributed by atoms with E-state index in [0.717, 1.165) is 36.9 Å². The molecule has 1 saturated heterocycles. The molecule has 1 aromatic heterocycles. The molecule has 1 N–H and O–H groups in total. The highest BCUT2D eigenvalue weighted by Crippen LogP contribution is 2.22. The van der Waals surface area contributed by atoms with E-state index in [4.69, 9.17) is 26.1 Å². The van der Waals surface area contributed by atoms with Gasteiger partial charge in [-0.05, 0) is 32.0 Å². The number of aryl methyl sites for hydroxylation is 1. The highest BCUT2D eigenvalue weighted by atomic mass is 127. The van der Waals surface area contributed by atoms with Gasteiger partial charge < -0.3 is 19.7 Å². The highest BCUT2D eigenvalue weighted by Gasteiger charge is 2.25. The number of guanidine groups is 1. The summed E-state index contributed by atoms with van der Waals surface area (Å²) in [6.45, 7) is 7.61. The van der Waals surface area contributed by atoms with Gasteiger partial charge in [-0.15, -0.1) is 24.0 Å². The number of morpholine rings is 1. The van der Waals surface area contributed by atoms with Gasteiger partial charge in [0.05, 0.1) is 25.9 Å². The van der Waals surface area contributed by atoms with Crippen molar-refractivity contribution in [2.24, 2.45) is 12.0 Å². The summed E-state index contributed by atoms with van der Waals surface area (Å²) in [4.78, 5) is 7.02. The summed E-state index contributed by atoms with van der Waals surface area (Å²) in [6, 6.07) is 7.42. The van der Waals surface area contributed by atoms with Crippen molar-refractivity contribution in [3.63, 3.8) is 0 Å². The quantitative estimate of drug-likeness (QED) is 0.350. The van der Waals surface area contributed by atoms with Crippen LogP contribution in [0.3, 0.4) is 0 Å². The van der Waals surface area contributed by atoms with Crippen molar-refractivity contribution < 1.29 is 9.47 Å². The Labute approximate surface area is 194 Å². The highest BCUT2D eigenvalue weighted by molar-refractivity contribution is 14.0. The first-order valence-electron chi connectivity index (χ1n) is 9.60. The van der Waals surface area contributed by atoms with Crippen molar-refractivity contribution in [3.8, 4) is 5.75 Å². The van der Waals surface area contributed by atoms with E-state index in [1.54, 1.807) is 4.68 Å². The Hall–Kier alpha value is -1.52.